The van der Waals surface area contributed by atoms with Gasteiger partial charge in [0.05, 0.1) is 36.3 Å². The Labute approximate surface area is 330 Å². The lowest BCUT2D eigenvalue weighted by molar-refractivity contribution is -0.133. The molecule has 0 bridgehead atoms. The van der Waals surface area contributed by atoms with E-state index in [9.17, 15) is 18.7 Å². The molecule has 3 fully saturated rings. The van der Waals surface area contributed by atoms with E-state index < -0.39 is 35.5 Å². The van der Waals surface area contributed by atoms with Gasteiger partial charge in [-0.1, -0.05) is 19.9 Å². The van der Waals surface area contributed by atoms with Crippen molar-refractivity contribution in [2.24, 2.45) is 11.8 Å². The van der Waals surface area contributed by atoms with Gasteiger partial charge in [-0.05, 0) is 91.3 Å². The van der Waals surface area contributed by atoms with Crippen LogP contribution in [0.25, 0.3) is 32.1 Å². The molecule has 2 aromatic heterocycles. The third kappa shape index (κ3) is 6.74. The fourth-order valence-corrected chi connectivity index (χ4v) is 10.9. The molecule has 290 valence electrons. The van der Waals surface area contributed by atoms with Crippen LogP contribution in [-0.4, -0.2) is 101 Å². The van der Waals surface area contributed by atoms with Gasteiger partial charge in [-0.25, -0.2) is 13.2 Å². The summed E-state index contributed by atoms with van der Waals surface area (Å²) in [6, 6.07) is 3.85. The monoisotopic (exact) mass is 878 g/mol. The number of amides is 1. The second-order valence-corrected chi connectivity index (χ2v) is 18.1. The number of halogens is 4. The molecule has 0 saturated carbocycles. The lowest BCUT2D eigenvalue weighted by Gasteiger charge is -2.39. The zero-order valence-corrected chi connectivity index (χ0v) is 33.7. The highest BCUT2D eigenvalue weighted by molar-refractivity contribution is 14.1. The zero-order chi connectivity index (χ0) is 38.1. The van der Waals surface area contributed by atoms with Crippen LogP contribution in [0, 0.1) is 27.0 Å². The standard InChI is InChI=1S/C39H46F3IN6O4S/c1-20(2)12-29(51)47-10-4-6-22(15-47)16-49-27(21(3)50)18-52-35-31-34(32(42)30(33(35)43)24-7-8-26(41)36-25(24)13-28(44)54-36)45-38(46-37(31)49)53-19-39-9-5-11-48(39)17-23(40)14-39/h7-8,13,20-23,27,50H,4-6,9-12,14-19,44H2,1-3H3/t21?,22?,23-,27?,39+/m1/s1. The SMILES string of the molecule is CC(C)CC(=O)N1CCCC(CN2c3nc(OC[C@@]45CCCN4C[C@H](F)C5)nc4c(F)c(-c5ccc(F)c6sc(N)cc56)c(I)c(c34)OCC2C(C)O)C1. The minimum absolute atomic E-state index is 0.0368. The normalized spacial score (nSPS) is 25.0. The number of anilines is 2. The van der Waals surface area contributed by atoms with Gasteiger partial charge in [0, 0.05) is 50.0 Å². The minimum Gasteiger partial charge on any atom is -0.489 e. The molecular weight excluding hydrogens is 832 g/mol. The highest BCUT2D eigenvalue weighted by atomic mass is 127. The number of nitrogens with zero attached hydrogens (tertiary/aromatic N) is 5. The number of fused-ring (bicyclic) bond motifs is 2. The number of thiophene rings is 1. The van der Waals surface area contributed by atoms with Crippen molar-refractivity contribution in [1.29, 1.82) is 0 Å². The maximum Gasteiger partial charge on any atom is 0.319 e. The number of nitrogens with two attached hydrogens (primary N) is 1. The number of aliphatic hydroxyl groups is 1. The summed E-state index contributed by atoms with van der Waals surface area (Å²) >= 11 is 3.16. The first-order valence-corrected chi connectivity index (χ1v) is 20.8. The summed E-state index contributed by atoms with van der Waals surface area (Å²) in [6.07, 6.45) is 2.38. The van der Waals surface area contributed by atoms with Gasteiger partial charge in [0.25, 0.3) is 0 Å². The van der Waals surface area contributed by atoms with E-state index >= 15 is 4.39 Å². The Morgan fingerprint density at radius 2 is 2.02 bits per heavy atom. The Kier molecular flexibility index (Phi) is 10.3. The van der Waals surface area contributed by atoms with Crippen molar-refractivity contribution in [3.8, 4) is 22.9 Å². The van der Waals surface area contributed by atoms with Crippen molar-refractivity contribution in [2.45, 2.75) is 83.2 Å². The number of aliphatic hydroxyl groups excluding tert-OH is 1. The highest BCUT2D eigenvalue weighted by Crippen LogP contribution is 2.49. The lowest BCUT2D eigenvalue weighted by Crippen LogP contribution is -2.51. The van der Waals surface area contributed by atoms with E-state index in [-0.39, 0.29) is 48.0 Å². The number of aromatic nitrogens is 2. The maximum atomic E-state index is 17.5. The van der Waals surface area contributed by atoms with Gasteiger partial charge < -0.3 is 30.1 Å². The third-order valence-corrected chi connectivity index (χ3v) is 13.6. The number of likely N-dealkylation sites (tertiary alicyclic amines) is 1. The molecule has 4 aliphatic rings. The van der Waals surface area contributed by atoms with E-state index in [0.717, 1.165) is 43.6 Å². The predicted molar refractivity (Wildman–Crippen MR) is 213 cm³/mol. The van der Waals surface area contributed by atoms with E-state index in [1.807, 2.05) is 23.6 Å². The van der Waals surface area contributed by atoms with E-state index in [1.54, 1.807) is 19.1 Å². The number of hydrogen-bond acceptors (Lipinski definition) is 10. The predicted octanol–water partition coefficient (Wildman–Crippen LogP) is 7.16. The Morgan fingerprint density at radius 1 is 1.20 bits per heavy atom. The summed E-state index contributed by atoms with van der Waals surface area (Å²) in [5, 5.41) is 12.5. The average Bonchev–Trinajstić information content (AvgIpc) is 3.76. The fraction of sp³-hybridized carbons (Fsp3) is 0.564. The molecule has 0 aliphatic carbocycles. The van der Waals surface area contributed by atoms with Crippen LogP contribution in [0.5, 0.6) is 11.8 Å². The lowest BCUT2D eigenvalue weighted by atomic mass is 9.95. The first-order valence-electron chi connectivity index (χ1n) is 18.9. The topological polar surface area (TPSA) is 117 Å². The summed E-state index contributed by atoms with van der Waals surface area (Å²) in [4.78, 5) is 28.9. The molecule has 6 heterocycles. The van der Waals surface area contributed by atoms with Crippen LogP contribution in [0.2, 0.25) is 0 Å². The van der Waals surface area contributed by atoms with E-state index in [4.69, 9.17) is 25.2 Å². The largest absolute Gasteiger partial charge is 0.489 e. The van der Waals surface area contributed by atoms with Crippen LogP contribution in [0.4, 0.5) is 24.0 Å². The number of carbonyl (C=O) groups is 1. The van der Waals surface area contributed by atoms with Gasteiger partial charge in [-0.15, -0.1) is 11.3 Å². The van der Waals surface area contributed by atoms with E-state index in [0.29, 0.717) is 80.2 Å². The molecule has 3 saturated heterocycles. The Balaban J connectivity index is 1.28. The van der Waals surface area contributed by atoms with E-state index in [1.165, 1.54) is 6.07 Å². The number of nitrogen functional groups attached to an aromatic ring is 1. The minimum atomic E-state index is -0.957. The fourth-order valence-electron chi connectivity index (χ4n) is 9.09. The number of benzene rings is 2. The molecule has 0 radical (unpaired) electrons. The molecule has 54 heavy (non-hydrogen) atoms. The number of ether oxygens (including phenoxy) is 2. The zero-order valence-electron chi connectivity index (χ0n) is 30.7. The van der Waals surface area contributed by atoms with Crippen molar-refractivity contribution in [3.05, 3.63) is 33.4 Å². The molecule has 4 aromatic rings. The molecule has 15 heteroatoms. The Bertz CT molecular complexity index is 2100. The first kappa shape index (κ1) is 37.8. The Morgan fingerprint density at radius 3 is 2.80 bits per heavy atom. The average molecular weight is 879 g/mol. The summed E-state index contributed by atoms with van der Waals surface area (Å²) in [5.74, 6) is 0.0148. The quantitative estimate of drug-likeness (QED) is 0.169. The van der Waals surface area contributed by atoms with Crippen LogP contribution < -0.4 is 20.1 Å². The molecule has 10 nitrogen and oxygen atoms in total. The van der Waals surface area contributed by atoms with Gasteiger partial charge >= 0.3 is 6.01 Å². The number of piperidine rings is 1. The molecule has 3 unspecified atom stereocenters. The highest BCUT2D eigenvalue weighted by Gasteiger charge is 2.49. The maximum absolute atomic E-state index is 17.5. The van der Waals surface area contributed by atoms with Crippen molar-refractivity contribution in [1.82, 2.24) is 19.8 Å². The van der Waals surface area contributed by atoms with Crippen LogP contribution >= 0.6 is 33.9 Å². The first-order chi connectivity index (χ1) is 25.8. The van der Waals surface area contributed by atoms with Gasteiger partial charge in [-0.3, -0.25) is 9.69 Å². The molecular formula is C39H46F3IN6O4S. The summed E-state index contributed by atoms with van der Waals surface area (Å²) in [5.41, 5.74) is 6.21. The summed E-state index contributed by atoms with van der Waals surface area (Å²) < 4.78 is 60.9. The van der Waals surface area contributed by atoms with Crippen LogP contribution in [0.15, 0.2) is 18.2 Å². The summed E-state index contributed by atoms with van der Waals surface area (Å²) in [7, 11) is 0. The third-order valence-electron chi connectivity index (χ3n) is 11.6. The van der Waals surface area contributed by atoms with Crippen molar-refractivity contribution in [3.63, 3.8) is 0 Å². The second kappa shape index (κ2) is 14.7. The number of alkyl halides is 1. The smallest absolute Gasteiger partial charge is 0.319 e. The van der Waals surface area contributed by atoms with Crippen LogP contribution in [-0.2, 0) is 4.79 Å². The molecule has 3 N–H and O–H groups in total. The van der Waals surface area contributed by atoms with Crippen LogP contribution in [0.3, 0.4) is 0 Å². The molecule has 1 amide bonds. The second-order valence-electron chi connectivity index (χ2n) is 16.0. The molecule has 2 aromatic carbocycles. The Hall–Kier alpha value is -3.15. The van der Waals surface area contributed by atoms with Crippen molar-refractivity contribution < 1.29 is 32.5 Å². The van der Waals surface area contributed by atoms with Gasteiger partial charge in [0.1, 0.15) is 42.3 Å². The number of rotatable bonds is 9. The van der Waals surface area contributed by atoms with Gasteiger partial charge in [0.15, 0.2) is 5.82 Å². The van der Waals surface area contributed by atoms with Crippen molar-refractivity contribution in [2.75, 3.05) is 56.6 Å². The van der Waals surface area contributed by atoms with Gasteiger partial charge in [0.2, 0.25) is 5.91 Å². The molecule has 5 atom stereocenters. The molecule has 4 aliphatic heterocycles. The van der Waals surface area contributed by atoms with Crippen molar-refractivity contribution >= 4 is 71.6 Å². The van der Waals surface area contributed by atoms with E-state index in [2.05, 4.69) is 27.5 Å². The molecule has 8 rings (SSSR count). The number of carbonyl (C=O) groups excluding carboxylic acids is 1. The van der Waals surface area contributed by atoms with Crippen LogP contribution in [0.1, 0.15) is 59.3 Å². The molecule has 0 spiro atoms. The summed E-state index contributed by atoms with van der Waals surface area (Å²) in [6.45, 7) is 8.77. The van der Waals surface area contributed by atoms with Gasteiger partial charge in [-0.2, -0.15) is 9.97 Å². The number of hydrogen-bond donors (Lipinski definition) is 2.